The summed E-state index contributed by atoms with van der Waals surface area (Å²) >= 11 is 0. The minimum absolute atomic E-state index is 0.0262. The summed E-state index contributed by atoms with van der Waals surface area (Å²) in [5.74, 6) is 0.525. The molecule has 0 aliphatic heterocycles. The molecule has 0 heterocycles. The van der Waals surface area contributed by atoms with Gasteiger partial charge in [-0.25, -0.2) is 4.99 Å². The number of aliphatic imine (C=N–C) groups is 1. The topological polar surface area (TPSA) is 68.9 Å². The summed E-state index contributed by atoms with van der Waals surface area (Å²) in [7, 11) is 1.36. The van der Waals surface area contributed by atoms with E-state index in [0.29, 0.717) is 0 Å². The second-order valence-corrected chi connectivity index (χ2v) is 5.97. The number of nitrogens with two attached hydrogens (primary N) is 1. The molecular formula is C15H22F3N3O2. The molecule has 130 valence electrons. The van der Waals surface area contributed by atoms with Crippen LogP contribution in [0.25, 0.3) is 0 Å². The molecule has 0 aliphatic rings. The first-order valence-corrected chi connectivity index (χ1v) is 6.95. The molecule has 0 aliphatic carbocycles. The number of benzene rings is 1. The SMILES string of the molecule is COc1cc(CN=C(N)NC(C)(C)C)ccc1OCC(F)(F)F. The van der Waals surface area contributed by atoms with Crippen molar-refractivity contribution in [2.45, 2.75) is 39.0 Å². The van der Waals surface area contributed by atoms with Crippen molar-refractivity contribution in [1.29, 1.82) is 0 Å². The highest BCUT2D eigenvalue weighted by atomic mass is 19.4. The van der Waals surface area contributed by atoms with E-state index >= 15 is 0 Å². The van der Waals surface area contributed by atoms with E-state index in [9.17, 15) is 13.2 Å². The molecule has 0 spiro atoms. The van der Waals surface area contributed by atoms with Crippen LogP contribution in [0.5, 0.6) is 11.5 Å². The van der Waals surface area contributed by atoms with Gasteiger partial charge in [0.05, 0.1) is 13.7 Å². The molecule has 0 unspecified atom stereocenters. The molecule has 3 N–H and O–H groups in total. The van der Waals surface area contributed by atoms with Gasteiger partial charge in [-0.2, -0.15) is 13.2 Å². The Morgan fingerprint density at radius 2 is 1.87 bits per heavy atom. The number of methoxy groups -OCH3 is 1. The molecule has 0 saturated heterocycles. The highest BCUT2D eigenvalue weighted by Gasteiger charge is 2.29. The fraction of sp³-hybridized carbons (Fsp3) is 0.533. The average molecular weight is 333 g/mol. The van der Waals surface area contributed by atoms with Crippen LogP contribution in [0.15, 0.2) is 23.2 Å². The van der Waals surface area contributed by atoms with Crippen molar-refractivity contribution in [2.75, 3.05) is 13.7 Å². The number of alkyl halides is 3. The van der Waals surface area contributed by atoms with Crippen LogP contribution in [0.2, 0.25) is 0 Å². The van der Waals surface area contributed by atoms with Crippen LogP contribution in [0.3, 0.4) is 0 Å². The molecule has 0 saturated carbocycles. The van der Waals surface area contributed by atoms with Crippen LogP contribution < -0.4 is 20.5 Å². The van der Waals surface area contributed by atoms with E-state index in [-0.39, 0.29) is 29.5 Å². The summed E-state index contributed by atoms with van der Waals surface area (Å²) in [6, 6.07) is 4.60. The maximum Gasteiger partial charge on any atom is 0.422 e. The van der Waals surface area contributed by atoms with Crippen LogP contribution in [0.4, 0.5) is 13.2 Å². The van der Waals surface area contributed by atoms with Crippen LogP contribution in [-0.4, -0.2) is 31.4 Å². The lowest BCUT2D eigenvalue weighted by atomic mass is 10.1. The number of halogens is 3. The van der Waals surface area contributed by atoms with Gasteiger partial charge in [-0.15, -0.1) is 0 Å². The number of hydrogen-bond donors (Lipinski definition) is 2. The van der Waals surface area contributed by atoms with Crippen LogP contribution in [-0.2, 0) is 6.54 Å². The van der Waals surface area contributed by atoms with Gasteiger partial charge in [0.15, 0.2) is 24.1 Å². The Bertz CT molecular complexity index is 552. The van der Waals surface area contributed by atoms with Crippen molar-refractivity contribution in [2.24, 2.45) is 10.7 Å². The van der Waals surface area contributed by atoms with Crippen LogP contribution in [0, 0.1) is 0 Å². The minimum atomic E-state index is -4.40. The first-order valence-electron chi connectivity index (χ1n) is 6.95. The number of rotatable bonds is 5. The molecule has 0 atom stereocenters. The Balaban J connectivity index is 2.77. The van der Waals surface area contributed by atoms with Gasteiger partial charge in [0, 0.05) is 5.54 Å². The van der Waals surface area contributed by atoms with Gasteiger partial charge >= 0.3 is 6.18 Å². The molecule has 1 rings (SSSR count). The molecule has 0 fully saturated rings. The van der Waals surface area contributed by atoms with E-state index in [4.69, 9.17) is 15.2 Å². The van der Waals surface area contributed by atoms with Gasteiger partial charge in [0.1, 0.15) is 0 Å². The summed E-state index contributed by atoms with van der Waals surface area (Å²) in [4.78, 5) is 4.18. The molecule has 5 nitrogen and oxygen atoms in total. The van der Waals surface area contributed by atoms with Gasteiger partial charge in [0.2, 0.25) is 0 Å². The van der Waals surface area contributed by atoms with Crippen molar-refractivity contribution in [3.8, 4) is 11.5 Å². The summed E-state index contributed by atoms with van der Waals surface area (Å²) in [5, 5.41) is 3.01. The summed E-state index contributed by atoms with van der Waals surface area (Å²) in [6.07, 6.45) is -4.40. The average Bonchev–Trinajstić information content (AvgIpc) is 2.40. The summed E-state index contributed by atoms with van der Waals surface area (Å²) in [6.45, 7) is 4.75. The molecule has 8 heteroatoms. The van der Waals surface area contributed by atoms with Crippen LogP contribution >= 0.6 is 0 Å². The van der Waals surface area contributed by atoms with E-state index in [0.717, 1.165) is 5.56 Å². The Morgan fingerprint density at radius 3 is 2.39 bits per heavy atom. The lowest BCUT2D eigenvalue weighted by Crippen LogP contribution is -2.44. The third kappa shape index (κ3) is 7.62. The lowest BCUT2D eigenvalue weighted by Gasteiger charge is -2.21. The van der Waals surface area contributed by atoms with Crippen molar-refractivity contribution >= 4 is 5.96 Å². The number of guanidine groups is 1. The Hall–Kier alpha value is -2.12. The zero-order valence-corrected chi connectivity index (χ0v) is 13.6. The second-order valence-electron chi connectivity index (χ2n) is 5.97. The molecule has 1 aromatic rings. The van der Waals surface area contributed by atoms with E-state index in [2.05, 4.69) is 10.3 Å². The highest BCUT2D eigenvalue weighted by molar-refractivity contribution is 5.78. The number of ether oxygens (including phenoxy) is 2. The maximum absolute atomic E-state index is 12.2. The molecule has 0 radical (unpaired) electrons. The van der Waals surface area contributed by atoms with E-state index < -0.39 is 12.8 Å². The third-order valence-electron chi connectivity index (χ3n) is 2.55. The molecular weight excluding hydrogens is 311 g/mol. The van der Waals surface area contributed by atoms with E-state index in [1.807, 2.05) is 20.8 Å². The second kappa shape index (κ2) is 7.43. The Morgan fingerprint density at radius 1 is 1.22 bits per heavy atom. The van der Waals surface area contributed by atoms with Crippen molar-refractivity contribution in [3.05, 3.63) is 23.8 Å². The van der Waals surface area contributed by atoms with Gasteiger partial charge in [-0.05, 0) is 38.5 Å². The van der Waals surface area contributed by atoms with Crippen LogP contribution in [0.1, 0.15) is 26.3 Å². The van der Waals surface area contributed by atoms with Gasteiger partial charge < -0.3 is 20.5 Å². The monoisotopic (exact) mass is 333 g/mol. The minimum Gasteiger partial charge on any atom is -0.493 e. The van der Waals surface area contributed by atoms with Gasteiger partial charge in [-0.1, -0.05) is 6.07 Å². The smallest absolute Gasteiger partial charge is 0.422 e. The number of nitrogens with zero attached hydrogens (tertiary/aromatic N) is 1. The summed E-state index contributed by atoms with van der Waals surface area (Å²) < 4.78 is 46.4. The quantitative estimate of drug-likeness (QED) is 0.642. The van der Waals surface area contributed by atoms with Crippen molar-refractivity contribution in [1.82, 2.24) is 5.32 Å². The number of hydrogen-bond acceptors (Lipinski definition) is 3. The predicted molar refractivity (Wildman–Crippen MR) is 82.8 cm³/mol. The third-order valence-corrected chi connectivity index (χ3v) is 2.55. The van der Waals surface area contributed by atoms with E-state index in [1.165, 1.54) is 13.2 Å². The normalized spacial score (nSPS) is 12.9. The van der Waals surface area contributed by atoms with Crippen molar-refractivity contribution < 1.29 is 22.6 Å². The molecule has 0 amide bonds. The fourth-order valence-electron chi connectivity index (χ4n) is 1.69. The molecule has 0 aromatic heterocycles. The predicted octanol–water partition coefficient (Wildman–Crippen LogP) is 2.84. The molecule has 1 aromatic carbocycles. The van der Waals surface area contributed by atoms with E-state index in [1.54, 1.807) is 12.1 Å². The lowest BCUT2D eigenvalue weighted by molar-refractivity contribution is -0.153. The first kappa shape index (κ1) is 18.9. The number of nitrogens with one attached hydrogen (secondary N) is 1. The zero-order chi connectivity index (χ0) is 17.7. The standard InChI is InChI=1S/C15H22F3N3O2/c1-14(2,3)21-13(19)20-8-10-5-6-11(12(7-10)22-4)23-9-15(16,17)18/h5-7H,8-9H2,1-4H3,(H3,19,20,21). The zero-order valence-electron chi connectivity index (χ0n) is 13.6. The summed E-state index contributed by atoms with van der Waals surface area (Å²) in [5.41, 5.74) is 6.29. The van der Waals surface area contributed by atoms with Crippen molar-refractivity contribution in [3.63, 3.8) is 0 Å². The highest BCUT2D eigenvalue weighted by Crippen LogP contribution is 2.30. The largest absolute Gasteiger partial charge is 0.493 e. The maximum atomic E-state index is 12.2. The van der Waals surface area contributed by atoms with Gasteiger partial charge in [-0.3, -0.25) is 0 Å². The molecule has 23 heavy (non-hydrogen) atoms. The Labute approximate surface area is 133 Å². The molecule has 0 bridgehead atoms. The van der Waals surface area contributed by atoms with Gasteiger partial charge in [0.25, 0.3) is 0 Å². The Kier molecular flexibility index (Phi) is 6.12. The fourth-order valence-corrected chi connectivity index (χ4v) is 1.69. The first-order chi connectivity index (χ1) is 10.5.